The van der Waals surface area contributed by atoms with E-state index >= 15 is 0 Å². The van der Waals surface area contributed by atoms with Gasteiger partial charge in [0.1, 0.15) is 5.84 Å². The zero-order chi connectivity index (χ0) is 7.97. The molecule has 5 heteroatoms. The van der Waals surface area contributed by atoms with Crippen LogP contribution in [0, 0.1) is 0 Å². The Labute approximate surface area is 73.5 Å². The van der Waals surface area contributed by atoms with Crippen LogP contribution < -0.4 is 5.32 Å². The van der Waals surface area contributed by atoms with E-state index in [1.807, 2.05) is 18.0 Å². The Morgan fingerprint density at radius 3 is 3.33 bits per heavy atom. The van der Waals surface area contributed by atoms with E-state index in [0.717, 1.165) is 17.4 Å². The van der Waals surface area contributed by atoms with E-state index < -0.39 is 0 Å². The number of aromatic nitrogens is 2. The minimum Gasteiger partial charge on any atom is -0.341 e. The van der Waals surface area contributed by atoms with Gasteiger partial charge in [0.05, 0.1) is 29.2 Å². The molecule has 0 saturated heterocycles. The lowest BCUT2D eigenvalue weighted by Crippen LogP contribution is -2.05. The summed E-state index contributed by atoms with van der Waals surface area (Å²) >= 11 is 1.82. The normalized spacial score (nSPS) is 24.3. The van der Waals surface area contributed by atoms with Crippen molar-refractivity contribution < 1.29 is 0 Å². The van der Waals surface area contributed by atoms with Crippen LogP contribution in [0.25, 0.3) is 0 Å². The minimum absolute atomic E-state index is 0.385. The van der Waals surface area contributed by atoms with Crippen LogP contribution in [0.4, 0.5) is 5.69 Å². The molecular formula is C7H6N4S. The summed E-state index contributed by atoms with van der Waals surface area (Å²) in [5.74, 6) is 1.92. The number of nitrogens with one attached hydrogen (secondary N) is 1. The van der Waals surface area contributed by atoms with Crippen molar-refractivity contribution in [3.63, 3.8) is 0 Å². The first-order chi connectivity index (χ1) is 5.95. The Morgan fingerprint density at radius 2 is 2.33 bits per heavy atom. The number of fused-ring (bicyclic) bond motifs is 3. The molecule has 60 valence electrons. The van der Waals surface area contributed by atoms with Crippen LogP contribution in [0.5, 0.6) is 0 Å². The largest absolute Gasteiger partial charge is 0.341 e. The predicted octanol–water partition coefficient (Wildman–Crippen LogP) is 1.05. The van der Waals surface area contributed by atoms with Gasteiger partial charge in [-0.15, -0.1) is 11.8 Å². The van der Waals surface area contributed by atoms with Crippen molar-refractivity contribution in [2.75, 3.05) is 11.2 Å². The maximum atomic E-state index is 4.33. The number of thioether (sulfide) groups is 1. The molecule has 0 bridgehead atoms. The molecule has 0 saturated carbocycles. The summed E-state index contributed by atoms with van der Waals surface area (Å²) in [5, 5.41) is 11.3. The Balaban J connectivity index is 2.17. The topological polar surface area (TPSA) is 50.2 Å². The molecule has 0 amide bonds. The van der Waals surface area contributed by atoms with Crippen LogP contribution in [0.1, 0.15) is 10.8 Å². The molecule has 0 aliphatic carbocycles. The highest BCUT2D eigenvalue weighted by atomic mass is 32.2. The smallest absolute Gasteiger partial charge is 0.120 e. The molecule has 0 radical (unpaired) electrons. The Kier molecular flexibility index (Phi) is 1.17. The summed E-state index contributed by atoms with van der Waals surface area (Å²) in [6.45, 7) is 0. The summed E-state index contributed by atoms with van der Waals surface area (Å²) in [7, 11) is 0. The fourth-order valence-corrected chi connectivity index (χ4v) is 2.49. The Bertz CT molecular complexity index is 362. The van der Waals surface area contributed by atoms with E-state index in [0.29, 0.717) is 5.25 Å². The fraction of sp³-hybridized carbons (Fsp3) is 0.286. The molecule has 2 aliphatic rings. The second kappa shape index (κ2) is 2.20. The van der Waals surface area contributed by atoms with E-state index in [4.69, 9.17) is 0 Å². The maximum absolute atomic E-state index is 4.33. The first kappa shape index (κ1) is 6.42. The Hall–Kier alpha value is -1.10. The molecule has 0 aromatic carbocycles. The van der Waals surface area contributed by atoms with Crippen molar-refractivity contribution in [2.45, 2.75) is 5.25 Å². The van der Waals surface area contributed by atoms with Gasteiger partial charge in [0.15, 0.2) is 0 Å². The highest BCUT2D eigenvalue weighted by molar-refractivity contribution is 8.00. The van der Waals surface area contributed by atoms with Crippen molar-refractivity contribution in [1.29, 1.82) is 0 Å². The zero-order valence-corrected chi connectivity index (χ0v) is 7.01. The van der Waals surface area contributed by atoms with E-state index in [1.54, 1.807) is 6.20 Å². The minimum atomic E-state index is 0.385. The standard InChI is InChI=1S/C7H6N4S/c1-4-5(2-10-9-1)11-7-6(4)12-3-8-7/h1-2,6H,3H2,(H,8,11). The molecule has 0 fully saturated rings. The number of aliphatic imine (C=N–C) groups is 1. The SMILES string of the molecule is c1nncc2c1NC1=NCSC12. The number of hydrogen-bond acceptors (Lipinski definition) is 5. The maximum Gasteiger partial charge on any atom is 0.120 e. The van der Waals surface area contributed by atoms with Crippen molar-refractivity contribution in [1.82, 2.24) is 10.2 Å². The monoisotopic (exact) mass is 178 g/mol. The Morgan fingerprint density at radius 1 is 1.42 bits per heavy atom. The molecule has 3 heterocycles. The molecule has 0 spiro atoms. The molecule has 1 aromatic rings. The van der Waals surface area contributed by atoms with E-state index in [2.05, 4.69) is 20.5 Å². The molecule has 1 unspecified atom stereocenters. The second-order valence-electron chi connectivity index (χ2n) is 2.70. The lowest BCUT2D eigenvalue weighted by molar-refractivity contribution is 1.02. The predicted molar refractivity (Wildman–Crippen MR) is 48.3 cm³/mol. The number of amidine groups is 1. The van der Waals surface area contributed by atoms with Crippen LogP contribution in [0.2, 0.25) is 0 Å². The molecule has 4 nitrogen and oxygen atoms in total. The molecule has 2 aliphatic heterocycles. The number of hydrogen-bond donors (Lipinski definition) is 1. The lowest BCUT2D eigenvalue weighted by atomic mass is 10.2. The molecule has 1 atom stereocenters. The van der Waals surface area contributed by atoms with E-state index in [9.17, 15) is 0 Å². The lowest BCUT2D eigenvalue weighted by Gasteiger charge is -1.99. The first-order valence-electron chi connectivity index (χ1n) is 3.69. The molecule has 3 rings (SSSR count). The van der Waals surface area contributed by atoms with Gasteiger partial charge in [0.2, 0.25) is 0 Å². The van der Waals surface area contributed by atoms with Gasteiger partial charge in [0, 0.05) is 5.56 Å². The summed E-state index contributed by atoms with van der Waals surface area (Å²) in [6, 6.07) is 0. The summed E-state index contributed by atoms with van der Waals surface area (Å²) in [4.78, 5) is 4.33. The molecule has 12 heavy (non-hydrogen) atoms. The van der Waals surface area contributed by atoms with Gasteiger partial charge in [-0.1, -0.05) is 0 Å². The number of nitrogens with zero attached hydrogens (tertiary/aromatic N) is 3. The first-order valence-corrected chi connectivity index (χ1v) is 4.73. The van der Waals surface area contributed by atoms with Crippen molar-refractivity contribution >= 4 is 23.3 Å². The number of anilines is 1. The zero-order valence-electron chi connectivity index (χ0n) is 6.19. The van der Waals surface area contributed by atoms with Crippen LogP contribution in [-0.2, 0) is 0 Å². The molecule has 1 aromatic heterocycles. The van der Waals surface area contributed by atoms with E-state index in [-0.39, 0.29) is 0 Å². The summed E-state index contributed by atoms with van der Waals surface area (Å²) in [5.41, 5.74) is 2.27. The molecular weight excluding hydrogens is 172 g/mol. The average Bonchev–Trinajstić information content (AvgIpc) is 2.62. The number of rotatable bonds is 0. The summed E-state index contributed by atoms with van der Waals surface area (Å²) < 4.78 is 0. The molecule has 1 N–H and O–H groups in total. The van der Waals surface area contributed by atoms with Gasteiger partial charge in [-0.3, -0.25) is 4.99 Å². The van der Waals surface area contributed by atoms with Gasteiger partial charge < -0.3 is 5.32 Å². The van der Waals surface area contributed by atoms with Crippen LogP contribution in [-0.4, -0.2) is 21.9 Å². The van der Waals surface area contributed by atoms with Crippen molar-refractivity contribution in [3.05, 3.63) is 18.0 Å². The second-order valence-corrected chi connectivity index (χ2v) is 3.77. The van der Waals surface area contributed by atoms with Crippen molar-refractivity contribution in [3.8, 4) is 0 Å². The summed E-state index contributed by atoms with van der Waals surface area (Å²) in [6.07, 6.45) is 3.56. The third-order valence-electron chi connectivity index (χ3n) is 2.03. The van der Waals surface area contributed by atoms with Gasteiger partial charge in [-0.05, 0) is 0 Å². The third-order valence-corrected chi connectivity index (χ3v) is 3.12. The van der Waals surface area contributed by atoms with Crippen LogP contribution in [0.15, 0.2) is 17.4 Å². The van der Waals surface area contributed by atoms with Gasteiger partial charge in [-0.25, -0.2) is 0 Å². The van der Waals surface area contributed by atoms with Gasteiger partial charge in [0.25, 0.3) is 0 Å². The third kappa shape index (κ3) is 0.714. The van der Waals surface area contributed by atoms with Gasteiger partial charge in [-0.2, -0.15) is 10.2 Å². The van der Waals surface area contributed by atoms with E-state index in [1.165, 1.54) is 5.56 Å². The highest BCUT2D eigenvalue weighted by Crippen LogP contribution is 2.42. The quantitative estimate of drug-likeness (QED) is 0.645. The van der Waals surface area contributed by atoms with Crippen LogP contribution in [0.3, 0.4) is 0 Å². The average molecular weight is 178 g/mol. The fourth-order valence-electron chi connectivity index (χ4n) is 1.47. The highest BCUT2D eigenvalue weighted by Gasteiger charge is 2.32. The van der Waals surface area contributed by atoms with Gasteiger partial charge >= 0.3 is 0 Å². The van der Waals surface area contributed by atoms with Crippen LogP contribution >= 0.6 is 11.8 Å². The van der Waals surface area contributed by atoms with Crippen molar-refractivity contribution in [2.24, 2.45) is 4.99 Å².